The molecule has 2 aromatic rings. The molecule has 2 heterocycles. The minimum Gasteiger partial charge on any atom is -0.309 e. The number of hydrogen-bond donors (Lipinski definition) is 2. The van der Waals surface area contributed by atoms with Crippen LogP contribution in [0.25, 0.3) is 11.3 Å². The average Bonchev–Trinajstić information content (AvgIpc) is 3.00. The Bertz CT molecular complexity index is 515. The smallest absolute Gasteiger partial charge is 0.0924 e. The van der Waals surface area contributed by atoms with Crippen LogP contribution < -0.4 is 5.32 Å². The van der Waals surface area contributed by atoms with E-state index in [4.69, 9.17) is 0 Å². The molecule has 0 spiro atoms. The van der Waals surface area contributed by atoms with Crippen molar-refractivity contribution in [3.8, 4) is 11.3 Å². The Kier molecular flexibility index (Phi) is 2.99. The molecule has 1 aliphatic heterocycles. The largest absolute Gasteiger partial charge is 0.309 e. The lowest BCUT2D eigenvalue weighted by Crippen LogP contribution is -2.12. The zero-order chi connectivity index (χ0) is 11.7. The monoisotopic (exact) mass is 291 g/mol. The van der Waals surface area contributed by atoms with Crippen LogP contribution in [0, 0.1) is 0 Å². The minimum absolute atomic E-state index is 0.448. The molecule has 0 aliphatic carbocycles. The van der Waals surface area contributed by atoms with Crippen LogP contribution in [0.1, 0.15) is 24.6 Å². The molecule has 1 aromatic heterocycles. The van der Waals surface area contributed by atoms with E-state index in [1.165, 1.54) is 18.5 Å². The predicted octanol–water partition coefficient (Wildman–Crippen LogP) is 3.26. The van der Waals surface area contributed by atoms with E-state index in [0.29, 0.717) is 6.04 Å². The lowest BCUT2D eigenvalue weighted by Gasteiger charge is -2.05. The van der Waals surface area contributed by atoms with Crippen LogP contribution in [0.4, 0.5) is 0 Å². The Hall–Kier alpha value is -1.13. The topological polar surface area (TPSA) is 40.7 Å². The highest BCUT2D eigenvalue weighted by molar-refractivity contribution is 9.10. The molecule has 0 radical (unpaired) electrons. The van der Waals surface area contributed by atoms with Gasteiger partial charge >= 0.3 is 0 Å². The second kappa shape index (κ2) is 4.63. The molecule has 2 N–H and O–H groups in total. The molecule has 0 saturated carbocycles. The second-order valence-electron chi connectivity index (χ2n) is 4.37. The van der Waals surface area contributed by atoms with Gasteiger partial charge in [-0.2, -0.15) is 5.10 Å². The first-order valence-electron chi connectivity index (χ1n) is 5.87. The lowest BCUT2D eigenvalue weighted by atomic mass is 10.1. The van der Waals surface area contributed by atoms with Crippen molar-refractivity contribution in [2.45, 2.75) is 18.9 Å². The zero-order valence-corrected chi connectivity index (χ0v) is 11.0. The fourth-order valence-electron chi connectivity index (χ4n) is 2.26. The maximum absolute atomic E-state index is 4.39. The van der Waals surface area contributed by atoms with Gasteiger partial charge in [-0.05, 0) is 37.6 Å². The van der Waals surface area contributed by atoms with Crippen molar-refractivity contribution in [3.05, 3.63) is 40.5 Å². The fraction of sp³-hybridized carbons (Fsp3) is 0.308. The molecule has 1 aromatic carbocycles. The van der Waals surface area contributed by atoms with Crippen molar-refractivity contribution in [3.63, 3.8) is 0 Å². The summed E-state index contributed by atoms with van der Waals surface area (Å²) in [4.78, 5) is 0. The van der Waals surface area contributed by atoms with Gasteiger partial charge < -0.3 is 5.32 Å². The van der Waals surface area contributed by atoms with Gasteiger partial charge in [-0.25, -0.2) is 0 Å². The highest BCUT2D eigenvalue weighted by Crippen LogP contribution is 2.26. The molecule has 17 heavy (non-hydrogen) atoms. The van der Waals surface area contributed by atoms with Gasteiger partial charge in [0.25, 0.3) is 0 Å². The highest BCUT2D eigenvalue weighted by Gasteiger charge is 2.18. The number of hydrogen-bond acceptors (Lipinski definition) is 2. The third-order valence-corrected chi connectivity index (χ3v) is 3.65. The summed E-state index contributed by atoms with van der Waals surface area (Å²) in [5.74, 6) is 0. The molecule has 88 valence electrons. The van der Waals surface area contributed by atoms with E-state index in [0.717, 1.165) is 22.3 Å². The number of halogens is 1. The summed E-state index contributed by atoms with van der Waals surface area (Å²) in [6.45, 7) is 1.11. The van der Waals surface area contributed by atoms with Crippen LogP contribution in [0.5, 0.6) is 0 Å². The van der Waals surface area contributed by atoms with Crippen LogP contribution in [0.2, 0.25) is 0 Å². The fourth-order valence-corrected chi connectivity index (χ4v) is 2.66. The number of nitrogens with zero attached hydrogens (tertiary/aromatic N) is 1. The Labute approximate surface area is 109 Å². The van der Waals surface area contributed by atoms with E-state index in [-0.39, 0.29) is 0 Å². The molecule has 1 fully saturated rings. The van der Waals surface area contributed by atoms with Crippen LogP contribution in [-0.2, 0) is 0 Å². The summed E-state index contributed by atoms with van der Waals surface area (Å²) < 4.78 is 1.08. The van der Waals surface area contributed by atoms with Gasteiger partial charge in [0.15, 0.2) is 0 Å². The summed E-state index contributed by atoms with van der Waals surface area (Å²) >= 11 is 3.48. The third-order valence-electron chi connectivity index (χ3n) is 3.15. The number of rotatable bonds is 2. The first-order chi connectivity index (χ1) is 8.33. The van der Waals surface area contributed by atoms with Gasteiger partial charge in [-0.15, -0.1) is 0 Å². The zero-order valence-electron chi connectivity index (χ0n) is 9.41. The average molecular weight is 292 g/mol. The molecule has 0 amide bonds. The maximum Gasteiger partial charge on any atom is 0.0924 e. The summed E-state index contributed by atoms with van der Waals surface area (Å²) in [6.07, 6.45) is 2.44. The van der Waals surface area contributed by atoms with E-state index < -0.39 is 0 Å². The number of nitrogens with one attached hydrogen (secondary N) is 2. The van der Waals surface area contributed by atoms with Gasteiger partial charge in [0.1, 0.15) is 0 Å². The van der Waals surface area contributed by atoms with E-state index in [1.807, 2.05) is 12.1 Å². The Morgan fingerprint density at radius 3 is 3.00 bits per heavy atom. The number of aromatic nitrogens is 2. The molecule has 3 rings (SSSR count). The molecule has 3 nitrogen and oxygen atoms in total. The van der Waals surface area contributed by atoms with Crippen LogP contribution in [0.15, 0.2) is 34.8 Å². The van der Waals surface area contributed by atoms with Crippen LogP contribution in [-0.4, -0.2) is 16.7 Å². The van der Waals surface area contributed by atoms with Crippen molar-refractivity contribution in [1.29, 1.82) is 0 Å². The predicted molar refractivity (Wildman–Crippen MR) is 71.7 cm³/mol. The second-order valence-corrected chi connectivity index (χ2v) is 5.28. The molecule has 1 saturated heterocycles. The van der Waals surface area contributed by atoms with Crippen molar-refractivity contribution in [2.75, 3.05) is 6.54 Å². The molecule has 4 heteroatoms. The lowest BCUT2D eigenvalue weighted by molar-refractivity contribution is 0.625. The van der Waals surface area contributed by atoms with Crippen molar-refractivity contribution < 1.29 is 0 Å². The van der Waals surface area contributed by atoms with Crippen molar-refractivity contribution >= 4 is 15.9 Å². The van der Waals surface area contributed by atoms with Gasteiger partial charge in [0.2, 0.25) is 0 Å². The van der Waals surface area contributed by atoms with E-state index >= 15 is 0 Å². The van der Waals surface area contributed by atoms with Crippen molar-refractivity contribution in [1.82, 2.24) is 15.5 Å². The van der Waals surface area contributed by atoms with E-state index in [9.17, 15) is 0 Å². The summed E-state index contributed by atoms with van der Waals surface area (Å²) in [5.41, 5.74) is 3.34. The molecule has 0 bridgehead atoms. The van der Waals surface area contributed by atoms with Gasteiger partial charge in [0.05, 0.1) is 11.4 Å². The Morgan fingerprint density at radius 1 is 1.29 bits per heavy atom. The Morgan fingerprint density at radius 2 is 2.24 bits per heavy atom. The number of aromatic amines is 1. The first-order valence-corrected chi connectivity index (χ1v) is 6.67. The molecule has 1 aliphatic rings. The van der Waals surface area contributed by atoms with Crippen LogP contribution in [0.3, 0.4) is 0 Å². The van der Waals surface area contributed by atoms with Gasteiger partial charge in [-0.1, -0.05) is 28.1 Å². The molecular formula is C13H14BrN3. The highest BCUT2D eigenvalue weighted by atomic mass is 79.9. The number of H-pyrrole nitrogens is 1. The summed E-state index contributed by atoms with van der Waals surface area (Å²) in [7, 11) is 0. The standard InChI is InChI=1S/C13H14BrN3/c14-10-4-1-3-9(7-10)12-8-13(17-16-12)11-5-2-6-15-11/h1,3-4,7-8,11,15H,2,5-6H2,(H,16,17). The summed E-state index contributed by atoms with van der Waals surface area (Å²) in [6, 6.07) is 10.8. The summed E-state index contributed by atoms with van der Waals surface area (Å²) in [5, 5.41) is 11.0. The quantitative estimate of drug-likeness (QED) is 0.892. The number of benzene rings is 1. The normalized spacial score (nSPS) is 19.7. The maximum atomic E-state index is 4.39. The van der Waals surface area contributed by atoms with E-state index in [1.54, 1.807) is 0 Å². The van der Waals surface area contributed by atoms with Crippen molar-refractivity contribution in [2.24, 2.45) is 0 Å². The molecule has 1 unspecified atom stereocenters. The first kappa shape index (κ1) is 11.0. The molecular weight excluding hydrogens is 278 g/mol. The minimum atomic E-state index is 0.448. The molecule has 1 atom stereocenters. The SMILES string of the molecule is Brc1cccc(-c2cc(C3CCCN3)[nH]n2)c1. The van der Waals surface area contributed by atoms with Crippen LogP contribution >= 0.6 is 15.9 Å². The Balaban J connectivity index is 1.89. The van der Waals surface area contributed by atoms with E-state index in [2.05, 4.69) is 49.6 Å². The van der Waals surface area contributed by atoms with Gasteiger partial charge in [-0.3, -0.25) is 5.10 Å². The van der Waals surface area contributed by atoms with Gasteiger partial charge in [0, 0.05) is 16.1 Å². The third kappa shape index (κ3) is 2.28.